The quantitative estimate of drug-likeness (QED) is 0.167. The lowest BCUT2D eigenvalue weighted by Gasteiger charge is -2.35. The van der Waals surface area contributed by atoms with Gasteiger partial charge in [0.15, 0.2) is 0 Å². The van der Waals surface area contributed by atoms with E-state index in [1.165, 1.54) is 10.9 Å². The molecule has 2 aliphatic rings. The standard InChI is InChI=1S/C54H28BN7/c56-27-41-50(60-47-21-19-31(33-9-7-23-58-29-33)25-39(47)40-26-32(20-22-48(40)60)34-10-8-24-59-30-34)42(28-57)54-49-53(41)61-45-17-3-1-11-35(45)37-13-5-15-43(51(37)61)55(49)44-16-6-14-38-36-12-2-4-18-46(36)62(54)52(38)44/h1-26,29-30H. The molecule has 7 nitrogen and oxygen atoms in total. The number of pyridine rings is 2. The van der Waals surface area contributed by atoms with E-state index in [1.807, 2.05) is 24.5 Å². The number of hydrogen-bond acceptors (Lipinski definition) is 4. The summed E-state index contributed by atoms with van der Waals surface area (Å²) >= 11 is 0. The lowest BCUT2D eigenvalue weighted by atomic mass is 9.34. The highest BCUT2D eigenvalue weighted by molar-refractivity contribution is 7.00. The summed E-state index contributed by atoms with van der Waals surface area (Å²) in [7, 11) is 0. The van der Waals surface area contributed by atoms with Crippen molar-refractivity contribution in [3.63, 3.8) is 0 Å². The summed E-state index contributed by atoms with van der Waals surface area (Å²) in [5, 5.41) is 30.3. The minimum atomic E-state index is -0.225. The predicted molar refractivity (Wildman–Crippen MR) is 250 cm³/mol. The van der Waals surface area contributed by atoms with E-state index in [-0.39, 0.29) is 6.71 Å². The van der Waals surface area contributed by atoms with Crippen molar-refractivity contribution >= 4 is 88.5 Å². The molecule has 8 heteroatoms. The third-order valence-electron chi connectivity index (χ3n) is 13.5. The first kappa shape index (κ1) is 33.2. The van der Waals surface area contributed by atoms with E-state index in [4.69, 9.17) is 0 Å². The lowest BCUT2D eigenvalue weighted by Crippen LogP contribution is -2.60. The highest BCUT2D eigenvalue weighted by Gasteiger charge is 2.44. The SMILES string of the molecule is N#Cc1c(-n2c3ccc(-c4cccnc4)cc3c3cc(-c4cccnc4)ccc32)c(C#N)c2c3c1-n1c4ccccc4c4cccc(c41)B3c1cccc3c4ccccc4n-2c13. The van der Waals surface area contributed by atoms with Crippen molar-refractivity contribution in [1.29, 1.82) is 10.5 Å². The topological polar surface area (TPSA) is 88.2 Å². The summed E-state index contributed by atoms with van der Waals surface area (Å²) in [6, 6.07) is 56.7. The fraction of sp³-hybridized carbons (Fsp3) is 0. The van der Waals surface area contributed by atoms with Crippen LogP contribution >= 0.6 is 0 Å². The summed E-state index contributed by atoms with van der Waals surface area (Å²) in [5.74, 6) is 0. The minimum absolute atomic E-state index is 0.225. The molecule has 0 aliphatic carbocycles. The van der Waals surface area contributed by atoms with E-state index in [2.05, 4.69) is 169 Å². The maximum absolute atomic E-state index is 11.9. The van der Waals surface area contributed by atoms with Gasteiger partial charge in [-0.05, 0) is 76.0 Å². The molecule has 0 bridgehead atoms. The average molecular weight is 786 g/mol. The van der Waals surface area contributed by atoms with Crippen LogP contribution in [-0.2, 0) is 0 Å². The van der Waals surface area contributed by atoms with E-state index >= 15 is 0 Å². The van der Waals surface area contributed by atoms with Crippen LogP contribution in [0.3, 0.4) is 0 Å². The molecular formula is C54H28BN7. The molecule has 12 aromatic rings. The van der Waals surface area contributed by atoms with Gasteiger partial charge in [-0.25, -0.2) is 0 Å². The Morgan fingerprint density at radius 1 is 0.403 bits per heavy atom. The molecule has 0 atom stereocenters. The number of benzene rings is 7. The van der Waals surface area contributed by atoms with E-state index < -0.39 is 0 Å². The third kappa shape index (κ3) is 4.03. The highest BCUT2D eigenvalue weighted by Crippen LogP contribution is 2.45. The fourth-order valence-corrected chi connectivity index (χ4v) is 11.1. The van der Waals surface area contributed by atoms with Gasteiger partial charge >= 0.3 is 0 Å². The monoisotopic (exact) mass is 785 g/mol. The molecule has 0 saturated heterocycles. The molecule has 0 spiro atoms. The molecule has 5 aromatic heterocycles. The zero-order chi connectivity index (χ0) is 40.8. The van der Waals surface area contributed by atoms with E-state index in [0.717, 1.165) is 105 Å². The van der Waals surface area contributed by atoms with Crippen LogP contribution < -0.4 is 16.4 Å². The minimum Gasteiger partial charge on any atom is -0.309 e. The van der Waals surface area contributed by atoms with Crippen molar-refractivity contribution in [2.24, 2.45) is 0 Å². The van der Waals surface area contributed by atoms with Crippen molar-refractivity contribution in [2.45, 2.75) is 0 Å². The maximum Gasteiger partial charge on any atom is 0.252 e. The molecule has 0 radical (unpaired) electrons. The molecule has 0 unspecified atom stereocenters. The second kappa shape index (κ2) is 11.9. The number of fused-ring (bicyclic) bond motifs is 13. The first-order chi connectivity index (χ1) is 30.7. The second-order valence-corrected chi connectivity index (χ2v) is 16.3. The molecule has 0 amide bonds. The maximum atomic E-state index is 11.9. The Kier molecular flexibility index (Phi) is 6.39. The van der Waals surface area contributed by atoms with Gasteiger partial charge in [-0.1, -0.05) is 97.1 Å². The molecule has 14 rings (SSSR count). The molecule has 0 fully saturated rings. The van der Waals surface area contributed by atoms with Gasteiger partial charge in [-0.3, -0.25) is 9.97 Å². The molecular weight excluding hydrogens is 757 g/mol. The summed E-state index contributed by atoms with van der Waals surface area (Å²) in [4.78, 5) is 8.87. The Balaban J connectivity index is 1.22. The summed E-state index contributed by atoms with van der Waals surface area (Å²) in [5.41, 5.74) is 16.5. The van der Waals surface area contributed by atoms with Crippen LogP contribution in [0.25, 0.3) is 105 Å². The second-order valence-electron chi connectivity index (χ2n) is 16.3. The van der Waals surface area contributed by atoms with Gasteiger partial charge in [0.25, 0.3) is 6.71 Å². The first-order valence-corrected chi connectivity index (χ1v) is 20.7. The van der Waals surface area contributed by atoms with Crippen LogP contribution in [0.2, 0.25) is 0 Å². The largest absolute Gasteiger partial charge is 0.309 e. The number of hydrogen-bond donors (Lipinski definition) is 0. The van der Waals surface area contributed by atoms with Gasteiger partial charge in [0, 0.05) is 79.3 Å². The van der Waals surface area contributed by atoms with Crippen molar-refractivity contribution in [2.75, 3.05) is 0 Å². The van der Waals surface area contributed by atoms with Gasteiger partial charge < -0.3 is 13.7 Å². The Morgan fingerprint density at radius 2 is 0.871 bits per heavy atom. The lowest BCUT2D eigenvalue weighted by molar-refractivity contribution is 1.08. The van der Waals surface area contributed by atoms with Gasteiger partial charge in [-0.15, -0.1) is 0 Å². The summed E-state index contributed by atoms with van der Waals surface area (Å²) in [6.07, 6.45) is 7.34. The Morgan fingerprint density at radius 3 is 1.34 bits per heavy atom. The molecule has 62 heavy (non-hydrogen) atoms. The fourth-order valence-electron chi connectivity index (χ4n) is 11.1. The van der Waals surface area contributed by atoms with Gasteiger partial charge in [0.2, 0.25) is 0 Å². The van der Waals surface area contributed by atoms with Gasteiger partial charge in [0.05, 0.1) is 39.1 Å². The number of nitriles is 2. The van der Waals surface area contributed by atoms with Crippen LogP contribution in [0.4, 0.5) is 0 Å². The number of nitrogens with zero attached hydrogens (tertiary/aromatic N) is 7. The molecule has 0 saturated carbocycles. The Hall–Kier alpha value is -8.72. The average Bonchev–Trinajstić information content (AvgIpc) is 3.98. The van der Waals surface area contributed by atoms with Crippen LogP contribution in [0.5, 0.6) is 0 Å². The van der Waals surface area contributed by atoms with Crippen LogP contribution in [0.15, 0.2) is 170 Å². The van der Waals surface area contributed by atoms with Crippen LogP contribution in [0, 0.1) is 22.7 Å². The van der Waals surface area contributed by atoms with Crippen LogP contribution in [0.1, 0.15) is 11.1 Å². The Labute approximate surface area is 354 Å². The normalized spacial score (nSPS) is 12.5. The molecule has 7 aromatic carbocycles. The summed E-state index contributed by atoms with van der Waals surface area (Å²) < 4.78 is 6.83. The third-order valence-corrected chi connectivity index (χ3v) is 13.5. The van der Waals surface area contributed by atoms with E-state index in [0.29, 0.717) is 16.8 Å². The zero-order valence-corrected chi connectivity index (χ0v) is 32.9. The van der Waals surface area contributed by atoms with E-state index in [1.54, 1.807) is 12.4 Å². The first-order valence-electron chi connectivity index (χ1n) is 20.7. The number of para-hydroxylation sites is 4. The van der Waals surface area contributed by atoms with Crippen molar-refractivity contribution in [3.05, 3.63) is 182 Å². The molecule has 0 N–H and O–H groups in total. The van der Waals surface area contributed by atoms with Crippen molar-refractivity contribution in [3.8, 4) is 51.5 Å². The molecule has 282 valence electrons. The zero-order valence-electron chi connectivity index (χ0n) is 32.9. The van der Waals surface area contributed by atoms with E-state index in [9.17, 15) is 10.5 Å². The van der Waals surface area contributed by atoms with Crippen molar-refractivity contribution < 1.29 is 0 Å². The predicted octanol–water partition coefficient (Wildman–Crippen LogP) is 9.99. The van der Waals surface area contributed by atoms with Gasteiger partial charge in [-0.2, -0.15) is 10.5 Å². The smallest absolute Gasteiger partial charge is 0.252 e. The van der Waals surface area contributed by atoms with Crippen molar-refractivity contribution in [1.82, 2.24) is 23.7 Å². The number of aromatic nitrogens is 5. The molecule has 2 aliphatic heterocycles. The number of rotatable bonds is 3. The summed E-state index contributed by atoms with van der Waals surface area (Å²) in [6.45, 7) is -0.225. The molecule has 7 heterocycles. The highest BCUT2D eigenvalue weighted by atomic mass is 15.1. The Bertz CT molecular complexity index is 3810. The van der Waals surface area contributed by atoms with Gasteiger partial charge in [0.1, 0.15) is 23.3 Å². The van der Waals surface area contributed by atoms with Crippen LogP contribution in [-0.4, -0.2) is 30.4 Å².